The molecule has 5 nitrogen and oxygen atoms in total. The molecule has 1 fully saturated rings. The smallest absolute Gasteiger partial charge is 0.335 e. The van der Waals surface area contributed by atoms with E-state index in [4.69, 9.17) is 16.7 Å². The van der Waals surface area contributed by atoms with E-state index >= 15 is 0 Å². The minimum Gasteiger partial charge on any atom is -0.478 e. The van der Waals surface area contributed by atoms with Crippen LogP contribution in [0.5, 0.6) is 0 Å². The van der Waals surface area contributed by atoms with Gasteiger partial charge in [-0.3, -0.25) is 9.59 Å². The third-order valence-corrected chi connectivity index (χ3v) is 4.58. The number of rotatable bonds is 4. The number of amides is 1. The Morgan fingerprint density at radius 3 is 2.81 bits per heavy atom. The predicted molar refractivity (Wildman–Crippen MR) is 82.0 cm³/mol. The number of halogens is 1. The van der Waals surface area contributed by atoms with Crippen LogP contribution in [0.25, 0.3) is 0 Å². The molecule has 0 saturated carbocycles. The quantitative estimate of drug-likeness (QED) is 0.920. The van der Waals surface area contributed by atoms with Gasteiger partial charge in [-0.2, -0.15) is 0 Å². The van der Waals surface area contributed by atoms with Crippen molar-refractivity contribution in [2.24, 2.45) is 5.92 Å². The van der Waals surface area contributed by atoms with Gasteiger partial charge in [0.1, 0.15) is 0 Å². The molecule has 1 aliphatic rings. The van der Waals surface area contributed by atoms with E-state index in [1.807, 2.05) is 0 Å². The molecule has 1 aliphatic heterocycles. The standard InChI is InChI=1S/C14H14ClNO4S/c1-8(17)21-7-9-4-13(18)16(6-9)12-5-10(14(19)20)2-3-11(12)15/h2-3,5,9H,4,6-7H2,1H3,(H,19,20). The molecule has 112 valence electrons. The molecule has 1 aromatic rings. The van der Waals surface area contributed by atoms with Crippen molar-refractivity contribution in [3.63, 3.8) is 0 Å². The Kier molecular flexibility index (Phi) is 4.90. The summed E-state index contributed by atoms with van der Waals surface area (Å²) in [6.07, 6.45) is 0.341. The average Bonchev–Trinajstić information content (AvgIpc) is 2.78. The van der Waals surface area contributed by atoms with Crippen LogP contribution in [-0.2, 0) is 9.59 Å². The molecule has 21 heavy (non-hydrogen) atoms. The Morgan fingerprint density at radius 2 is 2.19 bits per heavy atom. The first kappa shape index (κ1) is 15.9. The lowest BCUT2D eigenvalue weighted by Gasteiger charge is -2.18. The zero-order valence-electron chi connectivity index (χ0n) is 11.3. The van der Waals surface area contributed by atoms with Gasteiger partial charge >= 0.3 is 5.97 Å². The number of carbonyl (C=O) groups excluding carboxylic acids is 2. The van der Waals surface area contributed by atoms with E-state index in [0.29, 0.717) is 29.4 Å². The molecule has 7 heteroatoms. The molecular formula is C14H14ClNO4S. The summed E-state index contributed by atoms with van der Waals surface area (Å²) in [4.78, 5) is 35.6. The lowest BCUT2D eigenvalue weighted by molar-refractivity contribution is -0.117. The number of thioether (sulfide) groups is 1. The molecule has 0 radical (unpaired) electrons. The van der Waals surface area contributed by atoms with Crippen molar-refractivity contribution in [2.75, 3.05) is 17.2 Å². The number of hydrogen-bond donors (Lipinski definition) is 1. The van der Waals surface area contributed by atoms with E-state index in [1.165, 1.54) is 41.8 Å². The van der Waals surface area contributed by atoms with E-state index in [1.54, 1.807) is 0 Å². The van der Waals surface area contributed by atoms with Crippen LogP contribution in [0.3, 0.4) is 0 Å². The molecule has 0 aliphatic carbocycles. The summed E-state index contributed by atoms with van der Waals surface area (Å²) in [5, 5.41) is 9.38. The fraction of sp³-hybridized carbons (Fsp3) is 0.357. The van der Waals surface area contributed by atoms with E-state index in [2.05, 4.69) is 0 Å². The SMILES string of the molecule is CC(=O)SCC1CC(=O)N(c2cc(C(=O)O)ccc2Cl)C1. The number of benzene rings is 1. The molecule has 1 saturated heterocycles. The van der Waals surface area contributed by atoms with Crippen LogP contribution in [0.4, 0.5) is 5.69 Å². The van der Waals surface area contributed by atoms with Gasteiger partial charge in [0.25, 0.3) is 0 Å². The number of carboxylic acid groups (broad SMARTS) is 1. The highest BCUT2D eigenvalue weighted by Crippen LogP contribution is 2.33. The van der Waals surface area contributed by atoms with Crippen LogP contribution in [0.15, 0.2) is 18.2 Å². The summed E-state index contributed by atoms with van der Waals surface area (Å²) in [5.41, 5.74) is 0.501. The van der Waals surface area contributed by atoms with Crippen molar-refractivity contribution in [1.82, 2.24) is 0 Å². The Hall–Kier alpha value is -1.53. The average molecular weight is 328 g/mol. The van der Waals surface area contributed by atoms with Crippen LogP contribution < -0.4 is 4.90 Å². The van der Waals surface area contributed by atoms with Gasteiger partial charge in [0.05, 0.1) is 16.3 Å². The fourth-order valence-electron chi connectivity index (χ4n) is 2.21. The minimum atomic E-state index is -1.07. The van der Waals surface area contributed by atoms with Gasteiger partial charge in [-0.05, 0) is 24.1 Å². The molecule has 1 atom stereocenters. The second-order valence-electron chi connectivity index (χ2n) is 4.85. The number of carboxylic acids is 1. The highest BCUT2D eigenvalue weighted by Gasteiger charge is 2.32. The zero-order chi connectivity index (χ0) is 15.6. The van der Waals surface area contributed by atoms with Crippen molar-refractivity contribution in [1.29, 1.82) is 0 Å². The number of aromatic carboxylic acids is 1. The summed E-state index contributed by atoms with van der Waals surface area (Å²) in [7, 11) is 0. The first-order valence-electron chi connectivity index (χ1n) is 6.35. The van der Waals surface area contributed by atoms with Crippen molar-refractivity contribution < 1.29 is 19.5 Å². The van der Waals surface area contributed by atoms with Gasteiger partial charge in [-0.25, -0.2) is 4.79 Å². The molecule has 1 aromatic carbocycles. The molecular weight excluding hydrogens is 314 g/mol. The molecule has 0 bridgehead atoms. The van der Waals surface area contributed by atoms with Crippen LogP contribution >= 0.6 is 23.4 Å². The van der Waals surface area contributed by atoms with E-state index in [-0.39, 0.29) is 22.5 Å². The van der Waals surface area contributed by atoms with Gasteiger partial charge in [0.2, 0.25) is 5.91 Å². The molecule has 1 N–H and O–H groups in total. The van der Waals surface area contributed by atoms with Gasteiger partial charge < -0.3 is 10.0 Å². The summed E-state index contributed by atoms with van der Waals surface area (Å²) in [6.45, 7) is 1.94. The van der Waals surface area contributed by atoms with Gasteiger partial charge in [-0.1, -0.05) is 23.4 Å². The van der Waals surface area contributed by atoms with Crippen LogP contribution in [0.1, 0.15) is 23.7 Å². The second-order valence-corrected chi connectivity index (χ2v) is 6.45. The highest BCUT2D eigenvalue weighted by molar-refractivity contribution is 8.13. The first-order valence-corrected chi connectivity index (χ1v) is 7.71. The molecule has 0 spiro atoms. The monoisotopic (exact) mass is 327 g/mol. The van der Waals surface area contributed by atoms with Crippen molar-refractivity contribution in [3.8, 4) is 0 Å². The second kappa shape index (κ2) is 6.49. The van der Waals surface area contributed by atoms with Crippen molar-refractivity contribution in [2.45, 2.75) is 13.3 Å². The first-order chi connectivity index (χ1) is 9.88. The summed E-state index contributed by atoms with van der Waals surface area (Å²) in [6, 6.07) is 4.28. The van der Waals surface area contributed by atoms with Gasteiger partial charge in [-0.15, -0.1) is 0 Å². The molecule has 1 heterocycles. The van der Waals surface area contributed by atoms with Crippen LogP contribution in [0, 0.1) is 5.92 Å². The largest absolute Gasteiger partial charge is 0.478 e. The van der Waals surface area contributed by atoms with E-state index in [9.17, 15) is 14.4 Å². The normalized spacial score (nSPS) is 18.1. The summed E-state index contributed by atoms with van der Waals surface area (Å²) < 4.78 is 0. The van der Waals surface area contributed by atoms with Crippen molar-refractivity contribution >= 4 is 46.0 Å². The zero-order valence-corrected chi connectivity index (χ0v) is 12.9. The molecule has 1 amide bonds. The van der Waals surface area contributed by atoms with Crippen molar-refractivity contribution in [3.05, 3.63) is 28.8 Å². The maximum absolute atomic E-state index is 12.1. The Morgan fingerprint density at radius 1 is 1.48 bits per heavy atom. The Balaban J connectivity index is 2.18. The topological polar surface area (TPSA) is 74.7 Å². The Labute approximate surface area is 131 Å². The lowest BCUT2D eigenvalue weighted by Crippen LogP contribution is -2.25. The number of carbonyl (C=O) groups is 3. The number of anilines is 1. The molecule has 1 unspecified atom stereocenters. The number of nitrogens with zero attached hydrogens (tertiary/aromatic N) is 1. The summed E-state index contributed by atoms with van der Waals surface area (Å²) in [5.74, 6) is -0.527. The highest BCUT2D eigenvalue weighted by atomic mass is 35.5. The molecule has 2 rings (SSSR count). The predicted octanol–water partition coefficient (Wildman–Crippen LogP) is 2.67. The summed E-state index contributed by atoms with van der Waals surface area (Å²) >= 11 is 7.27. The molecule has 0 aromatic heterocycles. The third kappa shape index (κ3) is 3.77. The van der Waals surface area contributed by atoms with E-state index in [0.717, 1.165) is 0 Å². The minimum absolute atomic E-state index is 0.0202. The third-order valence-electron chi connectivity index (χ3n) is 3.21. The Bertz CT molecular complexity index is 605. The number of hydrogen-bond acceptors (Lipinski definition) is 4. The van der Waals surface area contributed by atoms with E-state index < -0.39 is 5.97 Å². The fourth-order valence-corrected chi connectivity index (χ4v) is 3.13. The van der Waals surface area contributed by atoms with Gasteiger partial charge in [0.15, 0.2) is 5.12 Å². The van der Waals surface area contributed by atoms with Crippen LogP contribution in [-0.4, -0.2) is 34.4 Å². The maximum Gasteiger partial charge on any atom is 0.335 e. The van der Waals surface area contributed by atoms with Crippen LogP contribution in [0.2, 0.25) is 5.02 Å². The maximum atomic E-state index is 12.1. The lowest BCUT2D eigenvalue weighted by atomic mass is 10.1. The van der Waals surface area contributed by atoms with Gasteiger partial charge in [0, 0.05) is 25.6 Å².